The molecule has 1 aromatic carbocycles. The fourth-order valence-corrected chi connectivity index (χ4v) is 4.94. The van der Waals surface area contributed by atoms with Crippen LogP contribution < -0.4 is 5.32 Å². The summed E-state index contributed by atoms with van der Waals surface area (Å²) < 4.78 is 0. The zero-order valence-corrected chi connectivity index (χ0v) is 17.6. The molecule has 6 nitrogen and oxygen atoms in total. The van der Waals surface area contributed by atoms with Gasteiger partial charge >= 0.3 is 6.03 Å². The molecule has 1 aromatic rings. The molecule has 0 aliphatic carbocycles. The molecule has 2 atom stereocenters. The van der Waals surface area contributed by atoms with Gasteiger partial charge in [0.15, 0.2) is 0 Å². The van der Waals surface area contributed by atoms with Gasteiger partial charge in [0, 0.05) is 45.8 Å². The van der Waals surface area contributed by atoms with Crippen molar-refractivity contribution < 1.29 is 9.59 Å². The van der Waals surface area contributed by atoms with Gasteiger partial charge in [-0.25, -0.2) is 4.79 Å². The number of hydrogen-bond acceptors (Lipinski definition) is 3. The van der Waals surface area contributed by atoms with Crippen LogP contribution in [0.2, 0.25) is 0 Å². The maximum atomic E-state index is 13.5. The van der Waals surface area contributed by atoms with Crippen molar-refractivity contribution in [2.75, 3.05) is 45.8 Å². The van der Waals surface area contributed by atoms with Gasteiger partial charge in [-0.3, -0.25) is 4.79 Å². The minimum absolute atomic E-state index is 0.0758. The Hall–Kier alpha value is -2.08. The lowest BCUT2D eigenvalue weighted by Gasteiger charge is -2.41. The molecule has 0 saturated carbocycles. The predicted octanol–water partition coefficient (Wildman–Crippen LogP) is 2.65. The average molecular weight is 399 g/mol. The van der Waals surface area contributed by atoms with Gasteiger partial charge in [-0.15, -0.1) is 0 Å². The molecule has 158 valence electrons. The summed E-state index contributed by atoms with van der Waals surface area (Å²) in [6, 6.07) is 8.88. The molecular weight excluding hydrogens is 364 g/mol. The summed E-state index contributed by atoms with van der Waals surface area (Å²) in [5.41, 5.74) is 2.52. The van der Waals surface area contributed by atoms with Crippen LogP contribution in [0, 0.1) is 5.92 Å². The number of piperazine rings is 1. The number of likely N-dealkylation sites (tertiary alicyclic amines) is 2. The number of nitrogens with one attached hydrogen (secondary N) is 1. The molecule has 0 aromatic heterocycles. The second kappa shape index (κ2) is 9.16. The lowest BCUT2D eigenvalue weighted by molar-refractivity contribution is -0.140. The highest BCUT2D eigenvalue weighted by atomic mass is 16.2. The highest BCUT2D eigenvalue weighted by Crippen LogP contribution is 2.28. The van der Waals surface area contributed by atoms with Crippen molar-refractivity contribution in [2.24, 2.45) is 5.92 Å². The van der Waals surface area contributed by atoms with Crippen LogP contribution in [0.1, 0.15) is 49.8 Å². The largest absolute Gasteiger partial charge is 0.333 e. The zero-order chi connectivity index (χ0) is 20.2. The molecule has 29 heavy (non-hydrogen) atoms. The molecule has 2 unspecified atom stereocenters. The molecule has 0 spiro atoms. The Kier molecular flexibility index (Phi) is 6.38. The molecule has 1 N–H and O–H groups in total. The summed E-state index contributed by atoms with van der Waals surface area (Å²) in [7, 11) is 0. The van der Waals surface area contributed by atoms with E-state index >= 15 is 0 Å². The third-order valence-electron chi connectivity index (χ3n) is 6.72. The van der Waals surface area contributed by atoms with Crippen LogP contribution in [0.5, 0.6) is 0 Å². The van der Waals surface area contributed by atoms with Gasteiger partial charge < -0.3 is 20.0 Å². The van der Waals surface area contributed by atoms with Crippen molar-refractivity contribution >= 4 is 11.9 Å². The molecule has 3 saturated heterocycles. The maximum Gasteiger partial charge on any atom is 0.320 e. The van der Waals surface area contributed by atoms with Gasteiger partial charge in [-0.1, -0.05) is 31.2 Å². The molecular formula is C23H34N4O2. The Bertz CT molecular complexity index is 714. The van der Waals surface area contributed by atoms with E-state index in [4.69, 9.17) is 0 Å². The van der Waals surface area contributed by atoms with Gasteiger partial charge in [0.05, 0.1) is 12.0 Å². The first-order valence-corrected chi connectivity index (χ1v) is 11.3. The van der Waals surface area contributed by atoms with Crippen LogP contribution in [0.15, 0.2) is 24.3 Å². The highest BCUT2D eigenvalue weighted by molar-refractivity contribution is 5.81. The monoisotopic (exact) mass is 398 g/mol. The van der Waals surface area contributed by atoms with Gasteiger partial charge in [0.1, 0.15) is 0 Å². The van der Waals surface area contributed by atoms with E-state index in [1.165, 1.54) is 11.1 Å². The van der Waals surface area contributed by atoms with Crippen molar-refractivity contribution in [3.8, 4) is 0 Å². The Labute approximate surface area is 174 Å². The number of piperidine rings is 1. The molecule has 3 amide bonds. The molecule has 4 rings (SSSR count). The summed E-state index contributed by atoms with van der Waals surface area (Å²) in [5.74, 6) is 0.140. The normalized spacial score (nSPS) is 25.3. The maximum absolute atomic E-state index is 13.5. The second-order valence-corrected chi connectivity index (χ2v) is 8.61. The molecule has 3 aliphatic heterocycles. The van der Waals surface area contributed by atoms with E-state index in [2.05, 4.69) is 41.4 Å². The number of aryl methyl sites for hydroxylation is 1. The summed E-state index contributed by atoms with van der Waals surface area (Å²) in [6.45, 7) is 7.59. The van der Waals surface area contributed by atoms with Gasteiger partial charge in [0.2, 0.25) is 5.91 Å². The smallest absolute Gasteiger partial charge is 0.320 e. The summed E-state index contributed by atoms with van der Waals surface area (Å²) in [4.78, 5) is 32.2. The number of amides is 3. The summed E-state index contributed by atoms with van der Waals surface area (Å²) in [5, 5.41) is 3.45. The zero-order valence-electron chi connectivity index (χ0n) is 17.6. The van der Waals surface area contributed by atoms with Gasteiger partial charge in [0.25, 0.3) is 0 Å². The van der Waals surface area contributed by atoms with E-state index in [1.54, 1.807) is 0 Å². The third-order valence-corrected chi connectivity index (χ3v) is 6.72. The number of urea groups is 1. The molecule has 0 radical (unpaired) electrons. The molecule has 0 bridgehead atoms. The number of hydrogen-bond donors (Lipinski definition) is 1. The van der Waals surface area contributed by atoms with Gasteiger partial charge in [-0.05, 0) is 43.2 Å². The fraction of sp³-hybridized carbons (Fsp3) is 0.652. The molecule has 3 heterocycles. The summed E-state index contributed by atoms with van der Waals surface area (Å²) in [6.07, 6.45) is 5.02. The summed E-state index contributed by atoms with van der Waals surface area (Å²) >= 11 is 0. The van der Waals surface area contributed by atoms with Crippen molar-refractivity contribution in [1.82, 2.24) is 20.0 Å². The van der Waals surface area contributed by atoms with E-state index < -0.39 is 0 Å². The quantitative estimate of drug-likeness (QED) is 0.852. The average Bonchev–Trinajstić information content (AvgIpc) is 3.33. The van der Waals surface area contributed by atoms with E-state index in [0.29, 0.717) is 6.54 Å². The number of benzene rings is 1. The van der Waals surface area contributed by atoms with Crippen molar-refractivity contribution in [3.63, 3.8) is 0 Å². The number of carbonyl (C=O) groups is 2. The molecule has 3 aliphatic rings. The van der Waals surface area contributed by atoms with Crippen LogP contribution in [0.3, 0.4) is 0 Å². The fourth-order valence-electron chi connectivity index (χ4n) is 4.94. The van der Waals surface area contributed by atoms with Crippen molar-refractivity contribution in [3.05, 3.63) is 35.4 Å². The van der Waals surface area contributed by atoms with E-state index in [0.717, 1.165) is 71.4 Å². The standard InChI is InChI=1S/C23H34N4O2/c1-2-18-7-9-19(10-8-18)21-16-24-11-15-27(21)22(28)20-6-5-14-26(17-20)23(29)25-12-3-4-13-25/h7-10,20-21,24H,2-6,11-17H2,1H3. The minimum Gasteiger partial charge on any atom is -0.333 e. The van der Waals surface area contributed by atoms with Crippen LogP contribution in [-0.4, -0.2) is 72.5 Å². The predicted molar refractivity (Wildman–Crippen MR) is 114 cm³/mol. The van der Waals surface area contributed by atoms with Crippen LogP contribution in [-0.2, 0) is 11.2 Å². The Balaban J connectivity index is 1.45. The second-order valence-electron chi connectivity index (χ2n) is 8.61. The van der Waals surface area contributed by atoms with Crippen LogP contribution in [0.4, 0.5) is 4.79 Å². The minimum atomic E-state index is -0.0779. The van der Waals surface area contributed by atoms with Crippen molar-refractivity contribution in [2.45, 2.75) is 45.1 Å². The number of carbonyl (C=O) groups excluding carboxylic acids is 2. The molecule has 3 fully saturated rings. The first-order valence-electron chi connectivity index (χ1n) is 11.3. The van der Waals surface area contributed by atoms with Gasteiger partial charge in [-0.2, -0.15) is 0 Å². The lowest BCUT2D eigenvalue weighted by Crippen LogP contribution is -2.54. The Morgan fingerprint density at radius 2 is 1.72 bits per heavy atom. The van der Waals surface area contributed by atoms with E-state index in [9.17, 15) is 9.59 Å². The Morgan fingerprint density at radius 1 is 1.00 bits per heavy atom. The Morgan fingerprint density at radius 3 is 2.45 bits per heavy atom. The first-order chi connectivity index (χ1) is 14.2. The molecule has 6 heteroatoms. The van der Waals surface area contributed by atoms with E-state index in [1.807, 2.05) is 9.80 Å². The SMILES string of the molecule is CCc1ccc(C2CNCCN2C(=O)C2CCCN(C(=O)N3CCCC3)C2)cc1. The lowest BCUT2D eigenvalue weighted by atomic mass is 9.94. The third kappa shape index (κ3) is 4.42. The van der Waals surface area contributed by atoms with E-state index in [-0.39, 0.29) is 23.9 Å². The topological polar surface area (TPSA) is 55.9 Å². The number of rotatable bonds is 3. The first kappa shape index (κ1) is 20.2. The van der Waals surface area contributed by atoms with Crippen molar-refractivity contribution in [1.29, 1.82) is 0 Å². The van der Waals surface area contributed by atoms with Crippen LogP contribution >= 0.6 is 0 Å². The van der Waals surface area contributed by atoms with Crippen LogP contribution in [0.25, 0.3) is 0 Å². The number of nitrogens with zero attached hydrogens (tertiary/aromatic N) is 3. The highest BCUT2D eigenvalue weighted by Gasteiger charge is 2.36.